The fourth-order valence-electron chi connectivity index (χ4n) is 0.885. The van der Waals surface area contributed by atoms with E-state index in [0.29, 0.717) is 6.42 Å². The van der Waals surface area contributed by atoms with Gasteiger partial charge in [-0.1, -0.05) is 6.92 Å². The van der Waals surface area contributed by atoms with Crippen LogP contribution in [0.5, 0.6) is 0 Å². The van der Waals surface area contributed by atoms with Gasteiger partial charge in [0.15, 0.2) is 0 Å². The average Bonchev–Trinajstić information content (AvgIpc) is 2.46. The van der Waals surface area contributed by atoms with Gasteiger partial charge in [0.2, 0.25) is 5.70 Å². The molecule has 0 bridgehead atoms. The third-order valence-electron chi connectivity index (χ3n) is 1.68. The number of allylic oxidation sites excluding steroid dienone is 1. The van der Waals surface area contributed by atoms with Crippen molar-refractivity contribution in [2.45, 2.75) is 20.3 Å². The molecule has 0 aliphatic carbocycles. The summed E-state index contributed by atoms with van der Waals surface area (Å²) in [5, 5.41) is 10.5. The highest BCUT2D eigenvalue weighted by Crippen LogP contribution is 2.17. The molecule has 0 aromatic carbocycles. The van der Waals surface area contributed by atoms with Crippen LogP contribution in [0.25, 0.3) is 6.08 Å². The van der Waals surface area contributed by atoms with Crippen molar-refractivity contribution in [2.24, 2.45) is 0 Å². The van der Waals surface area contributed by atoms with Crippen LogP contribution in [-0.2, 0) is 0 Å². The summed E-state index contributed by atoms with van der Waals surface area (Å²) >= 11 is 1.42. The molecule has 1 aromatic heterocycles. The van der Waals surface area contributed by atoms with Crippen LogP contribution in [0.1, 0.15) is 23.9 Å². The van der Waals surface area contributed by atoms with E-state index in [1.165, 1.54) is 11.3 Å². The first-order valence-corrected chi connectivity index (χ1v) is 4.78. The van der Waals surface area contributed by atoms with Gasteiger partial charge in [-0.3, -0.25) is 10.1 Å². The van der Waals surface area contributed by atoms with Crippen molar-refractivity contribution in [3.63, 3.8) is 0 Å². The zero-order valence-corrected chi connectivity index (χ0v) is 8.30. The van der Waals surface area contributed by atoms with Crippen LogP contribution in [0.4, 0.5) is 0 Å². The molecule has 1 heterocycles. The van der Waals surface area contributed by atoms with E-state index in [-0.39, 0.29) is 10.6 Å². The molecule has 0 spiro atoms. The fourth-order valence-corrected chi connectivity index (χ4v) is 1.64. The van der Waals surface area contributed by atoms with Crippen LogP contribution in [0.15, 0.2) is 11.2 Å². The Hall–Kier alpha value is -1.23. The molecule has 1 rings (SSSR count). The summed E-state index contributed by atoms with van der Waals surface area (Å²) in [6.45, 7) is 3.61. The molecular weight excluding hydrogens is 188 g/mol. The number of rotatable bonds is 3. The van der Waals surface area contributed by atoms with E-state index in [4.69, 9.17) is 0 Å². The minimum atomic E-state index is -0.348. The predicted octanol–water partition coefficient (Wildman–Crippen LogP) is 2.48. The predicted molar refractivity (Wildman–Crippen MR) is 52.1 cm³/mol. The molecule has 0 saturated carbocycles. The van der Waals surface area contributed by atoms with Gasteiger partial charge >= 0.3 is 0 Å². The van der Waals surface area contributed by atoms with Crippen molar-refractivity contribution < 1.29 is 4.92 Å². The summed E-state index contributed by atoms with van der Waals surface area (Å²) in [6.07, 6.45) is 2.03. The van der Waals surface area contributed by atoms with Gasteiger partial charge in [-0.2, -0.15) is 0 Å². The maximum atomic E-state index is 10.5. The highest BCUT2D eigenvalue weighted by atomic mass is 32.1. The molecule has 70 valence electrons. The normalized spacial score (nSPS) is 11.7. The molecule has 0 aliphatic rings. The second kappa shape index (κ2) is 4.13. The van der Waals surface area contributed by atoms with Crippen LogP contribution < -0.4 is 0 Å². The second-order valence-electron chi connectivity index (χ2n) is 2.55. The molecule has 0 N–H and O–H groups in total. The molecule has 0 atom stereocenters. The van der Waals surface area contributed by atoms with E-state index in [2.05, 4.69) is 4.98 Å². The van der Waals surface area contributed by atoms with E-state index < -0.39 is 0 Å². The Morgan fingerprint density at radius 2 is 2.54 bits per heavy atom. The maximum Gasteiger partial charge on any atom is 0.247 e. The summed E-state index contributed by atoms with van der Waals surface area (Å²) in [5.74, 6) is 0. The topological polar surface area (TPSA) is 56.0 Å². The minimum Gasteiger partial charge on any atom is -0.259 e. The van der Waals surface area contributed by atoms with E-state index >= 15 is 0 Å². The van der Waals surface area contributed by atoms with Crippen molar-refractivity contribution in [2.75, 3.05) is 0 Å². The molecule has 13 heavy (non-hydrogen) atoms. The summed E-state index contributed by atoms with van der Waals surface area (Å²) in [5.41, 5.74) is 2.76. The second-order valence-corrected chi connectivity index (χ2v) is 3.43. The van der Waals surface area contributed by atoms with Gasteiger partial charge in [0.1, 0.15) is 0 Å². The molecule has 0 amide bonds. The number of thiazole rings is 1. The van der Waals surface area contributed by atoms with Crippen molar-refractivity contribution in [3.05, 3.63) is 31.9 Å². The molecule has 0 saturated heterocycles. The van der Waals surface area contributed by atoms with Crippen molar-refractivity contribution in [3.8, 4) is 0 Å². The SMILES string of the molecule is CCC(=Cc1scnc1C)[N+](=O)[O-]. The smallest absolute Gasteiger partial charge is 0.247 e. The first-order valence-electron chi connectivity index (χ1n) is 3.90. The van der Waals surface area contributed by atoms with Crippen LogP contribution >= 0.6 is 11.3 Å². The first kappa shape index (κ1) is 9.85. The highest BCUT2D eigenvalue weighted by molar-refractivity contribution is 7.10. The Morgan fingerprint density at radius 1 is 1.85 bits per heavy atom. The number of aromatic nitrogens is 1. The lowest BCUT2D eigenvalue weighted by Crippen LogP contribution is -1.96. The van der Waals surface area contributed by atoms with Gasteiger partial charge < -0.3 is 0 Å². The first-order chi connectivity index (χ1) is 6.15. The molecule has 0 aliphatic heterocycles. The Kier molecular flexibility index (Phi) is 3.13. The minimum absolute atomic E-state index is 0.229. The van der Waals surface area contributed by atoms with Gasteiger partial charge in [-0.25, -0.2) is 4.98 Å². The summed E-state index contributed by atoms with van der Waals surface area (Å²) < 4.78 is 0. The third-order valence-corrected chi connectivity index (χ3v) is 2.56. The maximum absolute atomic E-state index is 10.5. The Bertz CT molecular complexity index is 344. The van der Waals surface area contributed by atoms with Gasteiger partial charge in [0.25, 0.3) is 0 Å². The van der Waals surface area contributed by atoms with Crippen LogP contribution in [0.3, 0.4) is 0 Å². The van der Waals surface area contributed by atoms with Crippen molar-refractivity contribution in [1.29, 1.82) is 0 Å². The number of hydrogen-bond acceptors (Lipinski definition) is 4. The van der Waals surface area contributed by atoms with Gasteiger partial charge in [0, 0.05) is 12.5 Å². The molecule has 5 heteroatoms. The third kappa shape index (κ3) is 2.35. The lowest BCUT2D eigenvalue weighted by molar-refractivity contribution is -0.425. The number of hydrogen-bond donors (Lipinski definition) is 0. The van der Waals surface area contributed by atoms with Crippen molar-refractivity contribution >= 4 is 17.4 Å². The van der Waals surface area contributed by atoms with E-state index in [1.54, 1.807) is 18.5 Å². The molecule has 0 unspecified atom stereocenters. The Labute approximate surface area is 80.1 Å². The Balaban J connectivity index is 2.98. The quantitative estimate of drug-likeness (QED) is 0.553. The van der Waals surface area contributed by atoms with E-state index in [9.17, 15) is 10.1 Å². The zero-order chi connectivity index (χ0) is 9.84. The summed E-state index contributed by atoms with van der Waals surface area (Å²) in [4.78, 5) is 15.0. The lowest BCUT2D eigenvalue weighted by Gasteiger charge is -1.92. The van der Waals surface area contributed by atoms with Crippen LogP contribution in [0, 0.1) is 17.0 Å². The van der Waals surface area contributed by atoms with E-state index in [0.717, 1.165) is 10.6 Å². The molecule has 4 nitrogen and oxygen atoms in total. The zero-order valence-electron chi connectivity index (χ0n) is 7.48. The van der Waals surface area contributed by atoms with Gasteiger partial charge in [-0.05, 0) is 6.92 Å². The summed E-state index contributed by atoms with van der Waals surface area (Å²) in [7, 11) is 0. The van der Waals surface area contributed by atoms with Crippen LogP contribution in [0.2, 0.25) is 0 Å². The lowest BCUT2D eigenvalue weighted by atomic mass is 10.3. The molecule has 0 radical (unpaired) electrons. The summed E-state index contributed by atoms with van der Waals surface area (Å²) in [6, 6.07) is 0. The fraction of sp³-hybridized carbons (Fsp3) is 0.375. The number of aryl methyl sites for hydroxylation is 1. The highest BCUT2D eigenvalue weighted by Gasteiger charge is 2.09. The average molecular weight is 198 g/mol. The van der Waals surface area contributed by atoms with Gasteiger partial charge in [0.05, 0.1) is 21.0 Å². The monoisotopic (exact) mass is 198 g/mol. The molecular formula is C8H10N2O2S. The largest absolute Gasteiger partial charge is 0.259 e. The van der Waals surface area contributed by atoms with Crippen LogP contribution in [-0.4, -0.2) is 9.91 Å². The van der Waals surface area contributed by atoms with Gasteiger partial charge in [-0.15, -0.1) is 11.3 Å². The van der Waals surface area contributed by atoms with E-state index in [1.807, 2.05) is 6.92 Å². The van der Waals surface area contributed by atoms with Crippen molar-refractivity contribution in [1.82, 2.24) is 4.98 Å². The standard InChI is InChI=1S/C8H10N2O2S/c1-3-7(10(11)12)4-8-6(2)9-5-13-8/h4-5H,3H2,1-2H3. The molecule has 0 fully saturated rings. The molecule has 1 aromatic rings. The Morgan fingerprint density at radius 3 is 2.92 bits per heavy atom. The number of nitro groups is 1. The number of nitrogens with zero attached hydrogens (tertiary/aromatic N) is 2.